The Morgan fingerprint density at radius 3 is 2.62 bits per heavy atom. The minimum Gasteiger partial charge on any atom is -0.390 e. The Hall–Kier alpha value is -2.14. The van der Waals surface area contributed by atoms with Crippen molar-refractivity contribution < 1.29 is 5.11 Å². The van der Waals surface area contributed by atoms with Crippen molar-refractivity contribution in [1.29, 1.82) is 0 Å². The van der Waals surface area contributed by atoms with Crippen molar-refractivity contribution >= 4 is 10.9 Å². The molecule has 3 rings (SSSR count). The summed E-state index contributed by atoms with van der Waals surface area (Å²) in [6.45, 7) is 4.23. The summed E-state index contributed by atoms with van der Waals surface area (Å²) in [5, 5.41) is 18.2. The third-order valence-corrected chi connectivity index (χ3v) is 4.71. The van der Waals surface area contributed by atoms with Crippen LogP contribution in [0.25, 0.3) is 10.9 Å². The zero-order valence-corrected chi connectivity index (χ0v) is 15.4. The van der Waals surface area contributed by atoms with Gasteiger partial charge in [0, 0.05) is 36.2 Å². The lowest BCUT2D eigenvalue weighted by atomic mass is 10.1. The van der Waals surface area contributed by atoms with Gasteiger partial charge in [-0.25, -0.2) is 0 Å². The number of fused-ring (bicyclic) bond motifs is 1. The van der Waals surface area contributed by atoms with Crippen molar-refractivity contribution in [2.24, 2.45) is 0 Å². The summed E-state index contributed by atoms with van der Waals surface area (Å²) in [6.07, 6.45) is 3.63. The lowest BCUT2D eigenvalue weighted by molar-refractivity contribution is 0.165. The van der Waals surface area contributed by atoms with Gasteiger partial charge < -0.3 is 20.7 Å². The number of para-hydroxylation sites is 1. The largest absolute Gasteiger partial charge is 0.390 e. The van der Waals surface area contributed by atoms with Crippen LogP contribution in [-0.4, -0.2) is 41.9 Å². The van der Waals surface area contributed by atoms with E-state index in [1.54, 1.807) is 0 Å². The third kappa shape index (κ3) is 5.43. The summed E-state index contributed by atoms with van der Waals surface area (Å²) < 4.78 is 0. The maximum absolute atomic E-state index is 10.2. The summed E-state index contributed by atoms with van der Waals surface area (Å²) in [7, 11) is 0. The molecule has 0 spiro atoms. The van der Waals surface area contributed by atoms with Crippen molar-refractivity contribution in [3.05, 3.63) is 71.9 Å². The number of aromatic amines is 1. The van der Waals surface area contributed by atoms with Gasteiger partial charge in [0.25, 0.3) is 0 Å². The van der Waals surface area contributed by atoms with E-state index in [4.69, 9.17) is 0 Å². The highest BCUT2D eigenvalue weighted by Gasteiger charge is 2.08. The van der Waals surface area contributed by atoms with Gasteiger partial charge in [-0.2, -0.15) is 0 Å². The molecule has 0 bridgehead atoms. The van der Waals surface area contributed by atoms with Crippen molar-refractivity contribution in [3.63, 3.8) is 0 Å². The van der Waals surface area contributed by atoms with Crippen molar-refractivity contribution in [2.45, 2.75) is 31.9 Å². The molecule has 0 saturated heterocycles. The molecule has 1 heterocycles. The number of aliphatic hydroxyl groups excluding tert-OH is 1. The standard InChI is InChI=1S/C22H29N3O/c1-17(13-18-7-3-2-4-8-18)24-16-20(26)15-23-12-11-19-14-25-22-10-6-5-9-21(19)22/h2-10,14,17,20,23-26H,11-13,15-16H2,1H3. The maximum Gasteiger partial charge on any atom is 0.0788 e. The lowest BCUT2D eigenvalue weighted by Crippen LogP contribution is -2.40. The molecule has 138 valence electrons. The van der Waals surface area contributed by atoms with Gasteiger partial charge in [0.2, 0.25) is 0 Å². The number of hydrogen-bond acceptors (Lipinski definition) is 3. The van der Waals surface area contributed by atoms with Crippen LogP contribution >= 0.6 is 0 Å². The van der Waals surface area contributed by atoms with Crippen LogP contribution in [-0.2, 0) is 12.8 Å². The molecule has 0 radical (unpaired) electrons. The van der Waals surface area contributed by atoms with Crippen LogP contribution in [0.5, 0.6) is 0 Å². The smallest absolute Gasteiger partial charge is 0.0788 e. The fourth-order valence-corrected chi connectivity index (χ4v) is 3.28. The molecule has 0 amide bonds. The van der Waals surface area contributed by atoms with E-state index in [0.29, 0.717) is 19.1 Å². The van der Waals surface area contributed by atoms with E-state index in [1.165, 1.54) is 22.0 Å². The molecular weight excluding hydrogens is 322 g/mol. The predicted molar refractivity (Wildman–Crippen MR) is 108 cm³/mol. The Bertz CT molecular complexity index is 784. The SMILES string of the molecule is CC(Cc1ccccc1)NCC(O)CNCCc1c[nH]c2ccccc12. The first-order valence-electron chi connectivity index (χ1n) is 9.43. The third-order valence-electron chi connectivity index (χ3n) is 4.71. The average molecular weight is 351 g/mol. The van der Waals surface area contributed by atoms with E-state index in [-0.39, 0.29) is 6.10 Å². The van der Waals surface area contributed by atoms with E-state index < -0.39 is 0 Å². The predicted octanol–water partition coefficient (Wildman–Crippen LogP) is 2.88. The van der Waals surface area contributed by atoms with Crippen LogP contribution in [0.1, 0.15) is 18.1 Å². The van der Waals surface area contributed by atoms with Crippen LogP contribution in [0.3, 0.4) is 0 Å². The molecule has 0 fully saturated rings. The van der Waals surface area contributed by atoms with Crippen LogP contribution in [0, 0.1) is 0 Å². The van der Waals surface area contributed by atoms with Crippen molar-refractivity contribution in [1.82, 2.24) is 15.6 Å². The molecule has 3 aromatic rings. The van der Waals surface area contributed by atoms with Gasteiger partial charge in [-0.1, -0.05) is 48.5 Å². The highest BCUT2D eigenvalue weighted by atomic mass is 16.3. The second-order valence-electron chi connectivity index (χ2n) is 6.97. The van der Waals surface area contributed by atoms with E-state index in [9.17, 15) is 5.11 Å². The van der Waals surface area contributed by atoms with E-state index in [0.717, 1.165) is 19.4 Å². The van der Waals surface area contributed by atoms with E-state index >= 15 is 0 Å². The van der Waals surface area contributed by atoms with Gasteiger partial charge in [-0.05, 0) is 43.5 Å². The summed E-state index contributed by atoms with van der Waals surface area (Å²) in [4.78, 5) is 3.30. The summed E-state index contributed by atoms with van der Waals surface area (Å²) in [6, 6.07) is 19.1. The van der Waals surface area contributed by atoms with Gasteiger partial charge >= 0.3 is 0 Å². The van der Waals surface area contributed by atoms with Crippen molar-refractivity contribution in [2.75, 3.05) is 19.6 Å². The molecule has 4 N–H and O–H groups in total. The lowest BCUT2D eigenvalue weighted by Gasteiger charge is -2.17. The number of H-pyrrole nitrogens is 1. The minimum atomic E-state index is -0.379. The van der Waals surface area contributed by atoms with Gasteiger partial charge in [0.05, 0.1) is 6.10 Å². The first kappa shape index (κ1) is 18.6. The zero-order chi connectivity index (χ0) is 18.2. The number of benzene rings is 2. The van der Waals surface area contributed by atoms with Gasteiger partial charge in [-0.15, -0.1) is 0 Å². The number of aliphatic hydroxyl groups is 1. The first-order chi connectivity index (χ1) is 12.7. The van der Waals surface area contributed by atoms with Gasteiger partial charge in [0.1, 0.15) is 0 Å². The van der Waals surface area contributed by atoms with Crippen molar-refractivity contribution in [3.8, 4) is 0 Å². The Labute approximate surface area is 155 Å². The Morgan fingerprint density at radius 1 is 1.00 bits per heavy atom. The molecule has 2 atom stereocenters. The van der Waals surface area contributed by atoms with Crippen LogP contribution in [0.2, 0.25) is 0 Å². The molecular formula is C22H29N3O. The number of nitrogens with one attached hydrogen (secondary N) is 3. The Balaban J connectivity index is 1.32. The van der Waals surface area contributed by atoms with E-state index in [1.807, 2.05) is 12.1 Å². The Kier molecular flexibility index (Phi) is 6.83. The molecule has 0 saturated carbocycles. The van der Waals surface area contributed by atoms with Crippen LogP contribution in [0.15, 0.2) is 60.8 Å². The monoisotopic (exact) mass is 351 g/mol. The fourth-order valence-electron chi connectivity index (χ4n) is 3.28. The molecule has 26 heavy (non-hydrogen) atoms. The van der Waals surface area contributed by atoms with Gasteiger partial charge in [0.15, 0.2) is 0 Å². The molecule has 2 unspecified atom stereocenters. The number of rotatable bonds is 10. The topological polar surface area (TPSA) is 60.1 Å². The molecule has 2 aromatic carbocycles. The van der Waals surface area contributed by atoms with Gasteiger partial charge in [-0.3, -0.25) is 0 Å². The quantitative estimate of drug-likeness (QED) is 0.425. The molecule has 1 aromatic heterocycles. The maximum atomic E-state index is 10.2. The summed E-state index contributed by atoms with van der Waals surface area (Å²) in [5.74, 6) is 0. The molecule has 4 nitrogen and oxygen atoms in total. The number of aromatic nitrogens is 1. The first-order valence-corrected chi connectivity index (χ1v) is 9.43. The summed E-state index contributed by atoms with van der Waals surface area (Å²) >= 11 is 0. The second kappa shape index (κ2) is 9.53. The highest BCUT2D eigenvalue weighted by Crippen LogP contribution is 2.17. The fraction of sp³-hybridized carbons (Fsp3) is 0.364. The van der Waals surface area contributed by atoms with Crippen LogP contribution in [0.4, 0.5) is 0 Å². The minimum absolute atomic E-state index is 0.346. The normalized spacial score (nSPS) is 13.8. The zero-order valence-electron chi connectivity index (χ0n) is 15.4. The molecule has 0 aliphatic carbocycles. The number of hydrogen-bond donors (Lipinski definition) is 4. The molecule has 0 aliphatic heterocycles. The highest BCUT2D eigenvalue weighted by molar-refractivity contribution is 5.83. The second-order valence-corrected chi connectivity index (χ2v) is 6.97. The molecule has 4 heteroatoms. The summed E-state index contributed by atoms with van der Waals surface area (Å²) in [5.41, 5.74) is 3.81. The average Bonchev–Trinajstić information content (AvgIpc) is 3.08. The molecule has 0 aliphatic rings. The Morgan fingerprint density at radius 2 is 1.77 bits per heavy atom. The van der Waals surface area contributed by atoms with Crippen LogP contribution < -0.4 is 10.6 Å². The van der Waals surface area contributed by atoms with E-state index in [2.05, 4.69) is 71.2 Å².